The molecule has 0 unspecified atom stereocenters. The number of benzene rings is 2. The molecule has 0 aliphatic heterocycles. The normalized spacial score (nSPS) is 11.7. The Labute approximate surface area is 165 Å². The number of ether oxygens (including phenoxy) is 1. The highest BCUT2D eigenvalue weighted by Gasteiger charge is 2.26. The largest absolute Gasteiger partial charge is 0.494 e. The van der Waals surface area contributed by atoms with Crippen LogP contribution in [0.2, 0.25) is 5.02 Å². The summed E-state index contributed by atoms with van der Waals surface area (Å²) < 4.78 is 8.00. The molecule has 0 amide bonds. The van der Waals surface area contributed by atoms with Crippen molar-refractivity contribution in [1.29, 1.82) is 0 Å². The predicted octanol–water partition coefficient (Wildman–Crippen LogP) is 6.30. The second-order valence-corrected chi connectivity index (χ2v) is 8.35. The average molecular weight is 384 g/mol. The van der Waals surface area contributed by atoms with Crippen molar-refractivity contribution in [3.05, 3.63) is 64.8 Å². The molecule has 0 aliphatic rings. The number of carbonyl (C=O) groups is 1. The van der Waals surface area contributed by atoms with E-state index in [1.807, 2.05) is 70.3 Å². The van der Waals surface area contributed by atoms with E-state index < -0.39 is 5.41 Å². The van der Waals surface area contributed by atoms with Crippen LogP contribution < -0.4 is 4.74 Å². The molecule has 0 atom stereocenters. The van der Waals surface area contributed by atoms with Gasteiger partial charge in [0.25, 0.3) is 0 Å². The molecule has 3 nitrogen and oxygen atoms in total. The number of nitrogens with zero attached hydrogens (tertiary/aromatic N) is 1. The van der Waals surface area contributed by atoms with Crippen molar-refractivity contribution in [3.8, 4) is 5.75 Å². The van der Waals surface area contributed by atoms with Crippen LogP contribution in [0.4, 0.5) is 0 Å². The second kappa shape index (κ2) is 7.77. The molecule has 0 saturated carbocycles. The molecule has 3 aromatic rings. The van der Waals surface area contributed by atoms with Crippen LogP contribution in [0.25, 0.3) is 10.9 Å². The molecule has 4 heteroatoms. The third-order valence-electron chi connectivity index (χ3n) is 4.66. The zero-order chi connectivity index (χ0) is 19.6. The van der Waals surface area contributed by atoms with Gasteiger partial charge in [0, 0.05) is 39.6 Å². The molecule has 142 valence electrons. The molecule has 27 heavy (non-hydrogen) atoms. The lowest BCUT2D eigenvalue weighted by Gasteiger charge is -2.15. The van der Waals surface area contributed by atoms with Crippen LogP contribution in [-0.2, 0) is 6.54 Å². The molecular weight excluding hydrogens is 358 g/mol. The van der Waals surface area contributed by atoms with Gasteiger partial charge in [-0.15, -0.1) is 0 Å². The summed E-state index contributed by atoms with van der Waals surface area (Å²) in [5.41, 5.74) is 2.50. The van der Waals surface area contributed by atoms with Crippen LogP contribution >= 0.6 is 11.6 Å². The molecular formula is C23H26ClNO2. The number of rotatable bonds is 6. The molecule has 0 saturated heterocycles. The number of fused-ring (bicyclic) bond motifs is 1. The minimum atomic E-state index is -0.398. The fourth-order valence-corrected chi connectivity index (χ4v) is 3.27. The first-order valence-corrected chi connectivity index (χ1v) is 9.67. The van der Waals surface area contributed by atoms with Gasteiger partial charge in [0.15, 0.2) is 5.78 Å². The van der Waals surface area contributed by atoms with E-state index in [-0.39, 0.29) is 5.78 Å². The number of aryl methyl sites for hydroxylation is 2. The molecule has 0 fully saturated rings. The summed E-state index contributed by atoms with van der Waals surface area (Å²) in [7, 11) is 0. The van der Waals surface area contributed by atoms with Crippen molar-refractivity contribution in [2.45, 2.75) is 40.7 Å². The van der Waals surface area contributed by atoms with E-state index in [4.69, 9.17) is 16.3 Å². The molecule has 1 heterocycles. The molecule has 2 aromatic carbocycles. The lowest BCUT2D eigenvalue weighted by molar-refractivity contribution is 0.0860. The van der Waals surface area contributed by atoms with Gasteiger partial charge < -0.3 is 9.30 Å². The monoisotopic (exact) mass is 383 g/mol. The van der Waals surface area contributed by atoms with Crippen molar-refractivity contribution in [2.75, 3.05) is 6.61 Å². The van der Waals surface area contributed by atoms with Gasteiger partial charge in [-0.3, -0.25) is 4.79 Å². The number of Topliss-reactive ketones (excluding diaryl/α,β-unsaturated/α-hetero) is 1. The van der Waals surface area contributed by atoms with Crippen LogP contribution in [0.3, 0.4) is 0 Å². The Morgan fingerprint density at radius 2 is 1.89 bits per heavy atom. The number of hydrogen-bond donors (Lipinski definition) is 0. The van der Waals surface area contributed by atoms with Crippen molar-refractivity contribution in [3.63, 3.8) is 0 Å². The predicted molar refractivity (Wildman–Crippen MR) is 112 cm³/mol. The van der Waals surface area contributed by atoms with Gasteiger partial charge in [-0.2, -0.15) is 0 Å². The summed E-state index contributed by atoms with van der Waals surface area (Å²) in [6, 6.07) is 13.8. The molecule has 0 N–H and O–H groups in total. The van der Waals surface area contributed by atoms with E-state index in [2.05, 4.69) is 10.6 Å². The Bertz CT molecular complexity index is 966. The van der Waals surface area contributed by atoms with E-state index in [9.17, 15) is 4.79 Å². The van der Waals surface area contributed by atoms with Crippen molar-refractivity contribution < 1.29 is 9.53 Å². The minimum Gasteiger partial charge on any atom is -0.494 e. The van der Waals surface area contributed by atoms with Crippen LogP contribution in [0, 0.1) is 12.3 Å². The van der Waals surface area contributed by atoms with Gasteiger partial charge in [-0.05, 0) is 43.2 Å². The summed E-state index contributed by atoms with van der Waals surface area (Å²) in [6.07, 6.45) is 2.84. The standard InChI is InChI=1S/C23H26ClNO2/c1-16-14-17(10-11-20(16)24)27-13-7-12-25-15-19(22(26)23(2,3)4)18-8-5-6-9-21(18)25/h5-6,8-11,14-15H,7,12-13H2,1-4H3. The third-order valence-corrected chi connectivity index (χ3v) is 5.08. The zero-order valence-corrected chi connectivity index (χ0v) is 17.1. The summed E-state index contributed by atoms with van der Waals surface area (Å²) in [4.78, 5) is 12.8. The van der Waals surface area contributed by atoms with Gasteiger partial charge in [-0.1, -0.05) is 50.6 Å². The Morgan fingerprint density at radius 1 is 1.15 bits per heavy atom. The quantitative estimate of drug-likeness (QED) is 0.369. The Kier molecular flexibility index (Phi) is 5.61. The molecule has 3 rings (SSSR count). The Balaban J connectivity index is 1.71. The lowest BCUT2D eigenvalue weighted by Crippen LogP contribution is -2.19. The second-order valence-electron chi connectivity index (χ2n) is 7.95. The maximum atomic E-state index is 12.8. The van der Waals surface area contributed by atoms with Crippen molar-refractivity contribution in [2.24, 2.45) is 5.41 Å². The Hall–Kier alpha value is -2.26. The number of hydrogen-bond acceptors (Lipinski definition) is 2. The van der Waals surface area contributed by atoms with Gasteiger partial charge in [0.2, 0.25) is 0 Å². The number of aromatic nitrogens is 1. The average Bonchev–Trinajstić information content (AvgIpc) is 2.99. The van der Waals surface area contributed by atoms with Crippen LogP contribution in [-0.4, -0.2) is 17.0 Å². The number of carbonyl (C=O) groups excluding carboxylic acids is 1. The van der Waals surface area contributed by atoms with Crippen molar-refractivity contribution >= 4 is 28.3 Å². The smallest absolute Gasteiger partial charge is 0.170 e. The van der Waals surface area contributed by atoms with Crippen molar-refractivity contribution in [1.82, 2.24) is 4.57 Å². The molecule has 0 spiro atoms. The maximum Gasteiger partial charge on any atom is 0.170 e. The molecule has 0 radical (unpaired) electrons. The highest BCUT2D eigenvalue weighted by molar-refractivity contribution is 6.31. The van der Waals surface area contributed by atoms with E-state index >= 15 is 0 Å². The van der Waals surface area contributed by atoms with E-state index in [1.165, 1.54) is 0 Å². The fourth-order valence-electron chi connectivity index (χ4n) is 3.15. The SMILES string of the molecule is Cc1cc(OCCCn2cc(C(=O)C(C)(C)C)c3ccccc32)ccc1Cl. The minimum absolute atomic E-state index is 0.172. The van der Waals surface area contributed by atoms with Crippen LogP contribution in [0.5, 0.6) is 5.75 Å². The summed E-state index contributed by atoms with van der Waals surface area (Å²) in [5.74, 6) is 1.00. The first-order chi connectivity index (χ1) is 12.8. The topological polar surface area (TPSA) is 31.2 Å². The van der Waals surface area contributed by atoms with Gasteiger partial charge in [0.1, 0.15) is 5.75 Å². The van der Waals surface area contributed by atoms with E-state index in [0.717, 1.165) is 45.8 Å². The highest BCUT2D eigenvalue weighted by Crippen LogP contribution is 2.28. The summed E-state index contributed by atoms with van der Waals surface area (Å²) in [5, 5.41) is 1.77. The molecule has 1 aromatic heterocycles. The van der Waals surface area contributed by atoms with Gasteiger partial charge in [-0.25, -0.2) is 0 Å². The maximum absolute atomic E-state index is 12.8. The lowest BCUT2D eigenvalue weighted by atomic mass is 9.86. The first kappa shape index (κ1) is 19.5. The van der Waals surface area contributed by atoms with E-state index in [1.54, 1.807) is 0 Å². The third kappa shape index (κ3) is 4.36. The van der Waals surface area contributed by atoms with E-state index in [0.29, 0.717) is 6.61 Å². The summed E-state index contributed by atoms with van der Waals surface area (Å²) >= 11 is 6.05. The van der Waals surface area contributed by atoms with Crippen LogP contribution in [0.1, 0.15) is 43.1 Å². The summed E-state index contributed by atoms with van der Waals surface area (Å²) in [6.45, 7) is 9.26. The molecule has 0 aliphatic carbocycles. The molecule has 0 bridgehead atoms. The van der Waals surface area contributed by atoms with Gasteiger partial charge in [0.05, 0.1) is 6.61 Å². The highest BCUT2D eigenvalue weighted by atomic mass is 35.5. The fraction of sp³-hybridized carbons (Fsp3) is 0.348. The number of ketones is 1. The van der Waals surface area contributed by atoms with Crippen LogP contribution in [0.15, 0.2) is 48.7 Å². The first-order valence-electron chi connectivity index (χ1n) is 9.29. The number of para-hydroxylation sites is 1. The Morgan fingerprint density at radius 3 is 2.59 bits per heavy atom. The zero-order valence-electron chi connectivity index (χ0n) is 16.4. The number of halogens is 1. The van der Waals surface area contributed by atoms with Gasteiger partial charge >= 0.3 is 0 Å².